The molecule has 0 fully saturated rings. The molecule has 0 spiro atoms. The Morgan fingerprint density at radius 3 is 2.23 bits per heavy atom. The molecular weight excluding hydrogens is 388 g/mol. The predicted octanol–water partition coefficient (Wildman–Crippen LogP) is 3.09. The number of urea groups is 1. The van der Waals surface area contributed by atoms with Gasteiger partial charge < -0.3 is 30.0 Å². The predicted molar refractivity (Wildman–Crippen MR) is 109 cm³/mol. The van der Waals surface area contributed by atoms with Crippen LogP contribution in [-0.2, 0) is 16.1 Å². The zero-order chi connectivity index (χ0) is 21.8. The van der Waals surface area contributed by atoms with E-state index in [0.29, 0.717) is 11.3 Å². The molecule has 0 bridgehead atoms. The highest BCUT2D eigenvalue weighted by atomic mass is 16.5. The van der Waals surface area contributed by atoms with E-state index in [1.165, 1.54) is 26.4 Å². The standard InChI is InChI=1S/C22H24N2O6/c1-12-5-7-14(8-6-12)11-30-21(26)18-13(2)23-22(27)24-19(18)15-9-16(28-3)20(25)17(10-15)29-4/h5-10,19,25H,11H2,1-4H3,(H2,23,24,27)/t19-/m0/s1. The molecule has 2 amide bonds. The van der Waals surface area contributed by atoms with Crippen molar-refractivity contribution in [1.29, 1.82) is 0 Å². The molecule has 0 radical (unpaired) electrons. The molecule has 1 aliphatic heterocycles. The summed E-state index contributed by atoms with van der Waals surface area (Å²) in [4.78, 5) is 25.0. The van der Waals surface area contributed by atoms with Crippen LogP contribution in [0.15, 0.2) is 47.7 Å². The lowest BCUT2D eigenvalue weighted by molar-refractivity contribution is -0.140. The third kappa shape index (κ3) is 4.32. The van der Waals surface area contributed by atoms with E-state index in [2.05, 4.69) is 10.6 Å². The molecule has 30 heavy (non-hydrogen) atoms. The Balaban J connectivity index is 1.93. The van der Waals surface area contributed by atoms with Gasteiger partial charge in [-0.05, 0) is 37.1 Å². The Morgan fingerprint density at radius 1 is 1.07 bits per heavy atom. The lowest BCUT2D eigenvalue weighted by Crippen LogP contribution is -2.45. The summed E-state index contributed by atoms with van der Waals surface area (Å²) in [5, 5.41) is 15.5. The highest BCUT2D eigenvalue weighted by Crippen LogP contribution is 2.40. The van der Waals surface area contributed by atoms with Crippen LogP contribution < -0.4 is 20.1 Å². The lowest BCUT2D eigenvalue weighted by Gasteiger charge is -2.28. The van der Waals surface area contributed by atoms with Crippen LogP contribution in [0.5, 0.6) is 17.2 Å². The van der Waals surface area contributed by atoms with Gasteiger partial charge in [-0.2, -0.15) is 0 Å². The molecular formula is C22H24N2O6. The number of benzene rings is 2. The van der Waals surface area contributed by atoms with Gasteiger partial charge in [0.15, 0.2) is 11.5 Å². The monoisotopic (exact) mass is 412 g/mol. The number of aromatic hydroxyl groups is 1. The second-order valence-corrected chi connectivity index (χ2v) is 6.91. The first-order chi connectivity index (χ1) is 14.3. The number of rotatable bonds is 6. The molecule has 1 atom stereocenters. The first kappa shape index (κ1) is 21.0. The fourth-order valence-electron chi connectivity index (χ4n) is 3.21. The van der Waals surface area contributed by atoms with Crippen LogP contribution in [-0.4, -0.2) is 31.3 Å². The average Bonchev–Trinajstić information content (AvgIpc) is 2.72. The second-order valence-electron chi connectivity index (χ2n) is 6.91. The van der Waals surface area contributed by atoms with E-state index in [9.17, 15) is 14.7 Å². The van der Waals surface area contributed by atoms with Gasteiger partial charge >= 0.3 is 12.0 Å². The first-order valence-corrected chi connectivity index (χ1v) is 9.30. The number of phenols is 1. The van der Waals surface area contributed by atoms with Crippen molar-refractivity contribution in [3.05, 3.63) is 64.4 Å². The molecule has 3 rings (SSSR count). The number of amides is 2. The molecule has 2 aromatic rings. The number of allylic oxidation sites excluding steroid dienone is 1. The number of esters is 1. The zero-order valence-electron chi connectivity index (χ0n) is 17.2. The Hall–Kier alpha value is -3.68. The number of ether oxygens (including phenoxy) is 3. The summed E-state index contributed by atoms with van der Waals surface area (Å²) >= 11 is 0. The van der Waals surface area contributed by atoms with Crippen LogP contribution in [0.1, 0.15) is 29.7 Å². The molecule has 1 heterocycles. The van der Waals surface area contributed by atoms with Crippen molar-refractivity contribution in [3.8, 4) is 17.2 Å². The van der Waals surface area contributed by atoms with Crippen LogP contribution in [0.4, 0.5) is 4.79 Å². The SMILES string of the molecule is COc1cc([C@@H]2NC(=O)NC(C)=C2C(=O)OCc2ccc(C)cc2)cc(OC)c1O. The second kappa shape index (κ2) is 8.77. The van der Waals surface area contributed by atoms with Crippen molar-refractivity contribution in [3.63, 3.8) is 0 Å². The van der Waals surface area contributed by atoms with E-state index in [-0.39, 0.29) is 29.4 Å². The molecule has 0 aliphatic carbocycles. The maximum atomic E-state index is 12.9. The van der Waals surface area contributed by atoms with Gasteiger partial charge in [-0.25, -0.2) is 9.59 Å². The van der Waals surface area contributed by atoms with Gasteiger partial charge in [-0.15, -0.1) is 0 Å². The molecule has 8 heteroatoms. The number of hydrogen-bond acceptors (Lipinski definition) is 6. The zero-order valence-corrected chi connectivity index (χ0v) is 17.2. The average molecular weight is 412 g/mol. The van der Waals surface area contributed by atoms with E-state index in [1.54, 1.807) is 6.92 Å². The number of aryl methyl sites for hydroxylation is 1. The van der Waals surface area contributed by atoms with E-state index in [4.69, 9.17) is 14.2 Å². The van der Waals surface area contributed by atoms with Gasteiger partial charge in [0.25, 0.3) is 0 Å². The minimum Gasteiger partial charge on any atom is -0.502 e. The first-order valence-electron chi connectivity index (χ1n) is 9.30. The normalized spacial score (nSPS) is 15.9. The summed E-state index contributed by atoms with van der Waals surface area (Å²) in [6.45, 7) is 3.70. The maximum absolute atomic E-state index is 12.9. The Labute approximate surface area is 174 Å². The maximum Gasteiger partial charge on any atom is 0.338 e. The van der Waals surface area contributed by atoms with E-state index >= 15 is 0 Å². The molecule has 0 unspecified atom stereocenters. The third-order valence-electron chi connectivity index (χ3n) is 4.82. The van der Waals surface area contributed by atoms with Gasteiger partial charge in [0.1, 0.15) is 6.61 Å². The van der Waals surface area contributed by atoms with Gasteiger partial charge in [-0.3, -0.25) is 0 Å². The van der Waals surface area contributed by atoms with Crippen LogP contribution in [0.3, 0.4) is 0 Å². The Kier molecular flexibility index (Phi) is 6.15. The minimum absolute atomic E-state index is 0.0960. The molecule has 2 aromatic carbocycles. The number of carbonyl (C=O) groups is 2. The van der Waals surface area contributed by atoms with Crippen molar-refractivity contribution >= 4 is 12.0 Å². The number of phenolic OH excluding ortho intramolecular Hbond substituents is 1. The summed E-state index contributed by atoms with van der Waals surface area (Å²) in [5.41, 5.74) is 3.08. The van der Waals surface area contributed by atoms with Crippen molar-refractivity contribution < 1.29 is 28.9 Å². The topological polar surface area (TPSA) is 106 Å². The number of hydrogen-bond donors (Lipinski definition) is 3. The van der Waals surface area contributed by atoms with Crippen molar-refractivity contribution in [2.75, 3.05) is 14.2 Å². The van der Waals surface area contributed by atoms with Crippen LogP contribution in [0.25, 0.3) is 0 Å². The fourth-order valence-corrected chi connectivity index (χ4v) is 3.21. The van der Waals surface area contributed by atoms with Gasteiger partial charge in [0.2, 0.25) is 5.75 Å². The Morgan fingerprint density at radius 2 is 1.67 bits per heavy atom. The largest absolute Gasteiger partial charge is 0.502 e. The smallest absolute Gasteiger partial charge is 0.338 e. The van der Waals surface area contributed by atoms with E-state index in [1.807, 2.05) is 31.2 Å². The highest BCUT2D eigenvalue weighted by molar-refractivity contribution is 5.95. The third-order valence-corrected chi connectivity index (χ3v) is 4.82. The molecule has 8 nitrogen and oxygen atoms in total. The molecule has 158 valence electrons. The molecule has 0 saturated heterocycles. The van der Waals surface area contributed by atoms with Crippen LogP contribution in [0, 0.1) is 6.92 Å². The van der Waals surface area contributed by atoms with Crippen LogP contribution >= 0.6 is 0 Å². The summed E-state index contributed by atoms with van der Waals surface area (Å²) in [5.74, 6) is -0.436. The molecule has 0 aromatic heterocycles. The quantitative estimate of drug-likeness (QED) is 0.630. The number of nitrogens with one attached hydrogen (secondary N) is 2. The molecule has 3 N–H and O–H groups in total. The summed E-state index contributed by atoms with van der Waals surface area (Å²) < 4.78 is 15.9. The van der Waals surface area contributed by atoms with Crippen molar-refractivity contribution in [2.24, 2.45) is 0 Å². The summed E-state index contributed by atoms with van der Waals surface area (Å²) in [6, 6.07) is 9.45. The Bertz CT molecular complexity index is 972. The van der Waals surface area contributed by atoms with Crippen molar-refractivity contribution in [1.82, 2.24) is 10.6 Å². The summed E-state index contributed by atoms with van der Waals surface area (Å²) in [6.07, 6.45) is 0. The van der Waals surface area contributed by atoms with E-state index < -0.39 is 18.0 Å². The lowest BCUT2D eigenvalue weighted by atomic mass is 9.95. The van der Waals surface area contributed by atoms with Crippen LogP contribution in [0.2, 0.25) is 0 Å². The summed E-state index contributed by atoms with van der Waals surface area (Å²) in [7, 11) is 2.80. The fraction of sp³-hybridized carbons (Fsp3) is 0.273. The number of methoxy groups -OCH3 is 2. The van der Waals surface area contributed by atoms with Gasteiger partial charge in [0, 0.05) is 5.70 Å². The molecule has 1 aliphatic rings. The molecule has 0 saturated carbocycles. The van der Waals surface area contributed by atoms with Gasteiger partial charge in [-0.1, -0.05) is 29.8 Å². The van der Waals surface area contributed by atoms with E-state index in [0.717, 1.165) is 11.1 Å². The number of carbonyl (C=O) groups excluding carboxylic acids is 2. The van der Waals surface area contributed by atoms with Crippen molar-refractivity contribution in [2.45, 2.75) is 26.5 Å². The van der Waals surface area contributed by atoms with Gasteiger partial charge in [0.05, 0.1) is 25.8 Å². The highest BCUT2D eigenvalue weighted by Gasteiger charge is 2.33. The minimum atomic E-state index is -0.812.